The molecular formula is C13H10Br2N2O. The van der Waals surface area contributed by atoms with E-state index >= 15 is 0 Å². The minimum atomic E-state index is -0.165. The highest BCUT2D eigenvalue weighted by Crippen LogP contribution is 2.20. The summed E-state index contributed by atoms with van der Waals surface area (Å²) in [7, 11) is 0. The van der Waals surface area contributed by atoms with Gasteiger partial charge in [0.25, 0.3) is 5.91 Å². The lowest BCUT2D eigenvalue weighted by molar-refractivity contribution is 0.102. The molecule has 0 fully saturated rings. The van der Waals surface area contributed by atoms with Crippen molar-refractivity contribution in [3.05, 3.63) is 56.7 Å². The Morgan fingerprint density at radius 1 is 1.22 bits per heavy atom. The van der Waals surface area contributed by atoms with E-state index in [2.05, 4.69) is 42.2 Å². The molecule has 1 heterocycles. The smallest absolute Gasteiger partial charge is 0.256 e. The van der Waals surface area contributed by atoms with Crippen LogP contribution in [0.2, 0.25) is 0 Å². The molecule has 0 radical (unpaired) electrons. The SMILES string of the molecule is Cc1ccc(C(=O)Nc2cncc(Br)c2)c(Br)c1. The van der Waals surface area contributed by atoms with Crippen molar-refractivity contribution in [1.29, 1.82) is 0 Å². The topological polar surface area (TPSA) is 42.0 Å². The standard InChI is InChI=1S/C13H10Br2N2O/c1-8-2-3-11(12(15)4-8)13(18)17-10-5-9(14)6-16-7-10/h2-7H,1H3,(H,17,18). The highest BCUT2D eigenvalue weighted by molar-refractivity contribution is 9.10. The van der Waals surface area contributed by atoms with Gasteiger partial charge in [-0.2, -0.15) is 0 Å². The number of amides is 1. The predicted octanol–water partition coefficient (Wildman–Crippen LogP) is 4.17. The van der Waals surface area contributed by atoms with Crippen LogP contribution in [0.3, 0.4) is 0 Å². The first kappa shape index (κ1) is 13.2. The quantitative estimate of drug-likeness (QED) is 0.863. The number of carbonyl (C=O) groups excluding carboxylic acids is 1. The van der Waals surface area contributed by atoms with Gasteiger partial charge in [0.1, 0.15) is 0 Å². The molecule has 2 rings (SSSR count). The van der Waals surface area contributed by atoms with Gasteiger partial charge >= 0.3 is 0 Å². The van der Waals surface area contributed by atoms with Gasteiger partial charge in [0.15, 0.2) is 0 Å². The largest absolute Gasteiger partial charge is 0.321 e. The van der Waals surface area contributed by atoms with E-state index in [4.69, 9.17) is 0 Å². The summed E-state index contributed by atoms with van der Waals surface area (Å²) >= 11 is 6.70. The molecule has 0 aliphatic heterocycles. The van der Waals surface area contributed by atoms with E-state index in [1.54, 1.807) is 24.5 Å². The molecule has 1 N–H and O–H groups in total. The number of rotatable bonds is 2. The van der Waals surface area contributed by atoms with Crippen LogP contribution in [0.4, 0.5) is 5.69 Å². The summed E-state index contributed by atoms with van der Waals surface area (Å²) in [4.78, 5) is 16.1. The Kier molecular flexibility index (Phi) is 4.14. The Hall–Kier alpha value is -1.20. The van der Waals surface area contributed by atoms with Crippen LogP contribution in [0, 0.1) is 6.92 Å². The molecule has 0 aliphatic carbocycles. The minimum Gasteiger partial charge on any atom is -0.321 e. The zero-order valence-corrected chi connectivity index (χ0v) is 12.7. The van der Waals surface area contributed by atoms with E-state index in [1.807, 2.05) is 19.1 Å². The Bertz CT molecular complexity index is 599. The van der Waals surface area contributed by atoms with Crippen molar-refractivity contribution < 1.29 is 4.79 Å². The molecule has 3 nitrogen and oxygen atoms in total. The monoisotopic (exact) mass is 368 g/mol. The highest BCUT2D eigenvalue weighted by Gasteiger charge is 2.10. The molecule has 0 atom stereocenters. The summed E-state index contributed by atoms with van der Waals surface area (Å²) in [6, 6.07) is 7.40. The van der Waals surface area contributed by atoms with Gasteiger partial charge in [0.05, 0.1) is 17.4 Å². The maximum atomic E-state index is 12.1. The van der Waals surface area contributed by atoms with Crippen molar-refractivity contribution in [1.82, 2.24) is 4.98 Å². The number of aryl methyl sites for hydroxylation is 1. The second-order valence-corrected chi connectivity index (χ2v) is 5.60. The summed E-state index contributed by atoms with van der Waals surface area (Å²) < 4.78 is 1.60. The van der Waals surface area contributed by atoms with Crippen molar-refractivity contribution in [3.63, 3.8) is 0 Å². The molecule has 0 saturated carbocycles. The van der Waals surface area contributed by atoms with Gasteiger partial charge in [-0.3, -0.25) is 9.78 Å². The van der Waals surface area contributed by atoms with E-state index < -0.39 is 0 Å². The first-order chi connectivity index (χ1) is 8.56. The van der Waals surface area contributed by atoms with Crippen LogP contribution in [0.15, 0.2) is 45.6 Å². The maximum absolute atomic E-state index is 12.1. The molecule has 0 unspecified atom stereocenters. The molecule has 0 aliphatic rings. The van der Waals surface area contributed by atoms with Gasteiger partial charge in [0, 0.05) is 15.1 Å². The molecule has 0 bridgehead atoms. The van der Waals surface area contributed by atoms with Crippen LogP contribution in [0.5, 0.6) is 0 Å². The lowest BCUT2D eigenvalue weighted by Gasteiger charge is -2.07. The van der Waals surface area contributed by atoms with Crippen molar-refractivity contribution in [2.24, 2.45) is 0 Å². The molecule has 92 valence electrons. The average molecular weight is 370 g/mol. The van der Waals surface area contributed by atoms with Gasteiger partial charge in [-0.1, -0.05) is 6.07 Å². The van der Waals surface area contributed by atoms with Crippen LogP contribution < -0.4 is 5.32 Å². The maximum Gasteiger partial charge on any atom is 0.256 e. The van der Waals surface area contributed by atoms with Crippen LogP contribution in [0.25, 0.3) is 0 Å². The normalized spacial score (nSPS) is 10.2. The van der Waals surface area contributed by atoms with Gasteiger partial charge in [-0.15, -0.1) is 0 Å². The first-order valence-corrected chi connectivity index (χ1v) is 6.83. The number of pyridine rings is 1. The summed E-state index contributed by atoms with van der Waals surface area (Å²) in [5.74, 6) is -0.165. The third kappa shape index (κ3) is 3.17. The fourth-order valence-electron chi connectivity index (χ4n) is 1.48. The zero-order chi connectivity index (χ0) is 13.1. The fourth-order valence-corrected chi connectivity index (χ4v) is 2.52. The van der Waals surface area contributed by atoms with E-state index in [1.165, 1.54) is 0 Å². The Morgan fingerprint density at radius 3 is 2.67 bits per heavy atom. The fraction of sp³-hybridized carbons (Fsp3) is 0.0769. The number of hydrogen-bond donors (Lipinski definition) is 1. The highest BCUT2D eigenvalue weighted by atomic mass is 79.9. The van der Waals surface area contributed by atoms with Crippen LogP contribution in [-0.4, -0.2) is 10.9 Å². The molecule has 1 amide bonds. The number of hydrogen-bond acceptors (Lipinski definition) is 2. The van der Waals surface area contributed by atoms with Gasteiger partial charge in [0.2, 0.25) is 0 Å². The number of aromatic nitrogens is 1. The number of halogens is 2. The van der Waals surface area contributed by atoms with Crippen molar-refractivity contribution in [2.45, 2.75) is 6.92 Å². The van der Waals surface area contributed by atoms with Crippen molar-refractivity contribution >= 4 is 43.5 Å². The van der Waals surface area contributed by atoms with E-state index in [9.17, 15) is 4.79 Å². The van der Waals surface area contributed by atoms with Crippen LogP contribution in [-0.2, 0) is 0 Å². The number of carbonyl (C=O) groups is 1. The second-order valence-electron chi connectivity index (χ2n) is 3.83. The number of benzene rings is 1. The number of nitrogens with one attached hydrogen (secondary N) is 1. The summed E-state index contributed by atoms with van der Waals surface area (Å²) in [5.41, 5.74) is 2.35. The molecule has 0 spiro atoms. The summed E-state index contributed by atoms with van der Waals surface area (Å²) in [6.45, 7) is 1.98. The van der Waals surface area contributed by atoms with Crippen molar-refractivity contribution in [2.75, 3.05) is 5.32 Å². The predicted molar refractivity (Wildman–Crippen MR) is 78.8 cm³/mol. The number of nitrogens with zero attached hydrogens (tertiary/aromatic N) is 1. The van der Waals surface area contributed by atoms with E-state index in [0.717, 1.165) is 14.5 Å². The van der Waals surface area contributed by atoms with Gasteiger partial charge < -0.3 is 5.32 Å². The van der Waals surface area contributed by atoms with Gasteiger partial charge in [-0.25, -0.2) is 0 Å². The lowest BCUT2D eigenvalue weighted by Crippen LogP contribution is -2.12. The third-order valence-corrected chi connectivity index (χ3v) is 3.42. The van der Waals surface area contributed by atoms with E-state index in [0.29, 0.717) is 11.3 Å². The molecule has 1 aromatic heterocycles. The molecule has 2 aromatic rings. The molecule has 0 saturated heterocycles. The van der Waals surface area contributed by atoms with Crippen LogP contribution in [0.1, 0.15) is 15.9 Å². The first-order valence-electron chi connectivity index (χ1n) is 5.24. The van der Waals surface area contributed by atoms with Gasteiger partial charge in [-0.05, 0) is 62.5 Å². The summed E-state index contributed by atoms with van der Waals surface area (Å²) in [5, 5.41) is 2.80. The molecular weight excluding hydrogens is 360 g/mol. The minimum absolute atomic E-state index is 0.165. The van der Waals surface area contributed by atoms with E-state index in [-0.39, 0.29) is 5.91 Å². The Labute approximate surface area is 122 Å². The van der Waals surface area contributed by atoms with Crippen molar-refractivity contribution in [3.8, 4) is 0 Å². The Balaban J connectivity index is 2.22. The average Bonchev–Trinajstić information content (AvgIpc) is 2.28. The third-order valence-electron chi connectivity index (χ3n) is 2.33. The molecule has 5 heteroatoms. The Morgan fingerprint density at radius 2 is 2.00 bits per heavy atom. The second kappa shape index (κ2) is 5.63. The number of anilines is 1. The molecule has 18 heavy (non-hydrogen) atoms. The van der Waals surface area contributed by atoms with Crippen LogP contribution >= 0.6 is 31.9 Å². The molecule has 1 aromatic carbocycles. The summed E-state index contributed by atoms with van der Waals surface area (Å²) in [6.07, 6.45) is 3.27. The lowest BCUT2D eigenvalue weighted by atomic mass is 10.1. The zero-order valence-electron chi connectivity index (χ0n) is 9.58.